The molecule has 0 aliphatic rings. The van der Waals surface area contributed by atoms with Crippen LogP contribution in [0.2, 0.25) is 0 Å². The molecule has 0 atom stereocenters. The Bertz CT molecular complexity index is 642. The fourth-order valence-electron chi connectivity index (χ4n) is 1.47. The molecule has 0 fully saturated rings. The van der Waals surface area contributed by atoms with Crippen LogP contribution in [0.25, 0.3) is 0 Å². The average molecular weight is 265 g/mol. The maximum absolute atomic E-state index is 12.3. The first-order valence-electron chi connectivity index (χ1n) is 5.65. The fourth-order valence-corrected chi connectivity index (χ4v) is 2.60. The summed E-state index contributed by atoms with van der Waals surface area (Å²) in [6.07, 6.45) is 1.46. The van der Waals surface area contributed by atoms with Gasteiger partial charge in [0, 0.05) is 6.04 Å². The lowest BCUT2D eigenvalue weighted by Gasteiger charge is -2.02. The Labute approximate surface area is 106 Å². The van der Waals surface area contributed by atoms with Crippen molar-refractivity contribution >= 4 is 9.84 Å². The van der Waals surface area contributed by atoms with E-state index >= 15 is 0 Å². The van der Waals surface area contributed by atoms with E-state index in [9.17, 15) is 8.42 Å². The van der Waals surface area contributed by atoms with Crippen molar-refractivity contribution in [3.05, 3.63) is 36.0 Å². The van der Waals surface area contributed by atoms with Crippen LogP contribution in [0.3, 0.4) is 0 Å². The number of aryl methyl sites for hydroxylation is 1. The molecule has 96 valence electrons. The molecule has 0 saturated carbocycles. The van der Waals surface area contributed by atoms with Crippen molar-refractivity contribution in [2.45, 2.75) is 36.7 Å². The van der Waals surface area contributed by atoms with Gasteiger partial charge in [-0.2, -0.15) is 0 Å². The molecule has 0 bridgehead atoms. The maximum atomic E-state index is 12.3. The molecule has 0 aliphatic heterocycles. The number of sulfone groups is 1. The van der Waals surface area contributed by atoms with Crippen LogP contribution in [0.4, 0.5) is 0 Å². The minimum atomic E-state index is -3.56. The highest BCUT2D eigenvalue weighted by Gasteiger charge is 2.21. The smallest absolute Gasteiger partial charge is 0.227 e. The molecule has 2 aromatic rings. The molecule has 2 rings (SSSR count). The third kappa shape index (κ3) is 2.28. The minimum Gasteiger partial charge on any atom is -0.249 e. The second kappa shape index (κ2) is 4.53. The molecule has 0 saturated heterocycles. The third-order valence-corrected chi connectivity index (χ3v) is 4.26. The van der Waals surface area contributed by atoms with Gasteiger partial charge >= 0.3 is 0 Å². The van der Waals surface area contributed by atoms with E-state index in [4.69, 9.17) is 0 Å². The van der Waals surface area contributed by atoms with Crippen molar-refractivity contribution in [2.24, 2.45) is 0 Å². The van der Waals surface area contributed by atoms with Crippen LogP contribution in [-0.2, 0) is 9.84 Å². The van der Waals surface area contributed by atoms with Gasteiger partial charge in [-0.05, 0) is 32.9 Å². The van der Waals surface area contributed by atoms with Gasteiger partial charge in [-0.1, -0.05) is 22.9 Å². The molecular weight excluding hydrogens is 250 g/mol. The Hall–Kier alpha value is -1.69. The number of hydrogen-bond donors (Lipinski definition) is 0. The van der Waals surface area contributed by atoms with Crippen molar-refractivity contribution in [1.29, 1.82) is 0 Å². The third-order valence-electron chi connectivity index (χ3n) is 2.62. The van der Waals surface area contributed by atoms with E-state index in [1.807, 2.05) is 20.8 Å². The summed E-state index contributed by atoms with van der Waals surface area (Å²) in [7, 11) is -3.56. The van der Waals surface area contributed by atoms with Crippen LogP contribution >= 0.6 is 0 Å². The second-order valence-corrected chi connectivity index (χ2v) is 6.34. The van der Waals surface area contributed by atoms with E-state index in [1.54, 1.807) is 24.3 Å². The van der Waals surface area contributed by atoms with Gasteiger partial charge in [-0.15, -0.1) is 5.10 Å². The summed E-state index contributed by atoms with van der Waals surface area (Å²) in [6, 6.07) is 6.77. The highest BCUT2D eigenvalue weighted by molar-refractivity contribution is 7.91. The molecule has 5 nitrogen and oxygen atoms in total. The van der Waals surface area contributed by atoms with Crippen LogP contribution in [0.15, 0.2) is 40.4 Å². The molecule has 6 heteroatoms. The van der Waals surface area contributed by atoms with Crippen LogP contribution < -0.4 is 0 Å². The Kier molecular flexibility index (Phi) is 3.21. The zero-order valence-corrected chi connectivity index (χ0v) is 11.3. The standard InChI is InChI=1S/C12H15N3O2S/c1-9(2)15-8-12(13-14-15)18(16,17)11-6-4-10(3)5-7-11/h4-9H,1-3H3. The topological polar surface area (TPSA) is 64.8 Å². The summed E-state index contributed by atoms with van der Waals surface area (Å²) in [4.78, 5) is 0.240. The van der Waals surface area contributed by atoms with E-state index in [-0.39, 0.29) is 16.0 Å². The number of hydrogen-bond acceptors (Lipinski definition) is 4. The van der Waals surface area contributed by atoms with Crippen LogP contribution in [0.5, 0.6) is 0 Å². The Morgan fingerprint density at radius 3 is 2.28 bits per heavy atom. The molecule has 0 amide bonds. The van der Waals surface area contributed by atoms with Crippen LogP contribution in [0, 0.1) is 6.92 Å². The second-order valence-electron chi connectivity index (χ2n) is 4.45. The van der Waals surface area contributed by atoms with E-state index in [0.717, 1.165) is 5.56 Å². The molecule has 1 aromatic heterocycles. The van der Waals surface area contributed by atoms with E-state index < -0.39 is 9.84 Å². The minimum absolute atomic E-state index is 0.0138. The summed E-state index contributed by atoms with van der Waals surface area (Å²) in [6.45, 7) is 5.74. The normalized spacial score (nSPS) is 12.0. The Morgan fingerprint density at radius 1 is 1.17 bits per heavy atom. The Morgan fingerprint density at radius 2 is 1.78 bits per heavy atom. The quantitative estimate of drug-likeness (QED) is 0.851. The summed E-state index contributed by atoms with van der Waals surface area (Å²) in [5.41, 5.74) is 1.01. The molecular formula is C12H15N3O2S. The lowest BCUT2D eigenvalue weighted by molar-refractivity contribution is 0.514. The lowest BCUT2D eigenvalue weighted by Crippen LogP contribution is -2.03. The first-order valence-corrected chi connectivity index (χ1v) is 7.13. The van der Waals surface area contributed by atoms with Crippen molar-refractivity contribution in [3.8, 4) is 0 Å². The summed E-state index contributed by atoms with van der Waals surface area (Å²) < 4.78 is 26.1. The number of rotatable bonds is 3. The maximum Gasteiger partial charge on any atom is 0.227 e. The van der Waals surface area contributed by atoms with Gasteiger partial charge < -0.3 is 0 Å². The van der Waals surface area contributed by atoms with E-state index in [1.165, 1.54) is 10.9 Å². The molecule has 1 aromatic carbocycles. The van der Waals surface area contributed by atoms with E-state index in [2.05, 4.69) is 10.3 Å². The van der Waals surface area contributed by atoms with Crippen LogP contribution in [0.1, 0.15) is 25.5 Å². The fraction of sp³-hybridized carbons (Fsp3) is 0.333. The van der Waals surface area contributed by atoms with Crippen molar-refractivity contribution in [3.63, 3.8) is 0 Å². The van der Waals surface area contributed by atoms with Crippen LogP contribution in [-0.4, -0.2) is 23.4 Å². The first-order chi connectivity index (χ1) is 8.41. The van der Waals surface area contributed by atoms with Gasteiger partial charge in [-0.3, -0.25) is 0 Å². The molecule has 0 radical (unpaired) electrons. The van der Waals surface area contributed by atoms with Gasteiger partial charge in [0.05, 0.1) is 11.1 Å². The van der Waals surface area contributed by atoms with Crippen molar-refractivity contribution in [1.82, 2.24) is 15.0 Å². The highest BCUT2D eigenvalue weighted by Crippen LogP contribution is 2.19. The predicted molar refractivity (Wildman–Crippen MR) is 67.0 cm³/mol. The summed E-state index contributed by atoms with van der Waals surface area (Å²) in [5.74, 6) is 0. The van der Waals surface area contributed by atoms with Gasteiger partial charge in [0.15, 0.2) is 0 Å². The zero-order chi connectivity index (χ0) is 13.3. The van der Waals surface area contributed by atoms with Gasteiger partial charge in [0.2, 0.25) is 14.9 Å². The number of aromatic nitrogens is 3. The highest BCUT2D eigenvalue weighted by atomic mass is 32.2. The first kappa shape index (κ1) is 12.8. The number of nitrogens with zero attached hydrogens (tertiary/aromatic N) is 3. The van der Waals surface area contributed by atoms with Gasteiger partial charge in [0.25, 0.3) is 0 Å². The van der Waals surface area contributed by atoms with Gasteiger partial charge in [0.1, 0.15) is 0 Å². The van der Waals surface area contributed by atoms with Crippen molar-refractivity contribution in [2.75, 3.05) is 0 Å². The molecule has 0 aliphatic carbocycles. The lowest BCUT2D eigenvalue weighted by atomic mass is 10.2. The van der Waals surface area contributed by atoms with Gasteiger partial charge in [-0.25, -0.2) is 13.1 Å². The number of benzene rings is 1. The Balaban J connectivity index is 2.44. The summed E-state index contributed by atoms with van der Waals surface area (Å²) >= 11 is 0. The molecule has 1 heterocycles. The molecule has 0 N–H and O–H groups in total. The molecule has 0 spiro atoms. The zero-order valence-electron chi connectivity index (χ0n) is 10.5. The van der Waals surface area contributed by atoms with Crippen molar-refractivity contribution < 1.29 is 8.42 Å². The average Bonchev–Trinajstić information content (AvgIpc) is 2.79. The SMILES string of the molecule is Cc1ccc(S(=O)(=O)c2cn(C(C)C)nn2)cc1. The molecule has 0 unspecified atom stereocenters. The largest absolute Gasteiger partial charge is 0.249 e. The predicted octanol–water partition coefficient (Wildman–Crippen LogP) is 2.00. The molecule has 18 heavy (non-hydrogen) atoms. The monoisotopic (exact) mass is 265 g/mol. The van der Waals surface area contributed by atoms with E-state index in [0.29, 0.717) is 0 Å². The summed E-state index contributed by atoms with van der Waals surface area (Å²) in [5, 5.41) is 7.53.